The van der Waals surface area contributed by atoms with E-state index in [0.717, 1.165) is 16.4 Å². The molecule has 1 heterocycles. The van der Waals surface area contributed by atoms with E-state index >= 15 is 0 Å². The maximum absolute atomic E-state index is 13.4. The van der Waals surface area contributed by atoms with E-state index in [1.54, 1.807) is 0 Å². The van der Waals surface area contributed by atoms with Crippen molar-refractivity contribution in [2.24, 2.45) is 0 Å². The molecule has 1 aliphatic rings. The van der Waals surface area contributed by atoms with Crippen LogP contribution in [-0.2, 0) is 10.2 Å². The minimum atomic E-state index is -3.65. The van der Waals surface area contributed by atoms with E-state index in [-0.39, 0.29) is 5.69 Å². The topological polar surface area (TPSA) is 40.4 Å². The van der Waals surface area contributed by atoms with E-state index in [2.05, 4.69) is 0 Å². The maximum Gasteiger partial charge on any atom is 0.304 e. The molecule has 88 valence electrons. The molecule has 0 spiro atoms. The molecule has 0 aromatic heterocycles. The van der Waals surface area contributed by atoms with Gasteiger partial charge in [-0.3, -0.25) is 4.31 Å². The zero-order valence-electron chi connectivity index (χ0n) is 8.52. The first-order valence-electron chi connectivity index (χ1n) is 4.62. The first kappa shape index (κ1) is 11.3. The largest absolute Gasteiger partial charge is 0.304 e. The molecule has 1 fully saturated rings. The van der Waals surface area contributed by atoms with Gasteiger partial charge in [0.1, 0.15) is 11.6 Å². The molecule has 1 saturated heterocycles. The molecule has 7 heteroatoms. The second-order valence-corrected chi connectivity index (χ2v) is 5.43. The summed E-state index contributed by atoms with van der Waals surface area (Å²) in [5.74, 6) is -1.63. The van der Waals surface area contributed by atoms with Crippen LogP contribution in [0.1, 0.15) is 0 Å². The van der Waals surface area contributed by atoms with Crippen molar-refractivity contribution >= 4 is 15.9 Å². The molecular formula is C9H10F2N2O2S. The van der Waals surface area contributed by atoms with Crippen molar-refractivity contribution in [1.82, 2.24) is 4.31 Å². The molecule has 0 saturated carbocycles. The van der Waals surface area contributed by atoms with Gasteiger partial charge in [-0.05, 0) is 12.1 Å². The van der Waals surface area contributed by atoms with E-state index in [9.17, 15) is 17.2 Å². The third-order valence-electron chi connectivity index (χ3n) is 2.33. The van der Waals surface area contributed by atoms with Crippen LogP contribution in [-0.4, -0.2) is 32.9 Å². The summed E-state index contributed by atoms with van der Waals surface area (Å²) in [4.78, 5) is 0. The molecule has 0 amide bonds. The summed E-state index contributed by atoms with van der Waals surface area (Å²) in [6.45, 7) is 0.880. The predicted octanol–water partition coefficient (Wildman–Crippen LogP) is 0.961. The van der Waals surface area contributed by atoms with Gasteiger partial charge in [-0.25, -0.2) is 8.78 Å². The number of benzene rings is 1. The van der Waals surface area contributed by atoms with Gasteiger partial charge < -0.3 is 0 Å². The molecule has 1 aliphatic heterocycles. The zero-order valence-corrected chi connectivity index (χ0v) is 9.34. The quantitative estimate of drug-likeness (QED) is 0.748. The van der Waals surface area contributed by atoms with E-state index in [4.69, 9.17) is 0 Å². The third-order valence-corrected chi connectivity index (χ3v) is 4.23. The fourth-order valence-corrected chi connectivity index (χ4v) is 2.59. The Morgan fingerprint density at radius 1 is 1.31 bits per heavy atom. The molecular weight excluding hydrogens is 238 g/mol. The van der Waals surface area contributed by atoms with Crippen molar-refractivity contribution in [3.8, 4) is 0 Å². The Morgan fingerprint density at radius 3 is 2.44 bits per heavy atom. The minimum Gasteiger partial charge on any atom is -0.258 e. The molecule has 16 heavy (non-hydrogen) atoms. The average molecular weight is 248 g/mol. The van der Waals surface area contributed by atoms with Gasteiger partial charge in [0, 0.05) is 26.2 Å². The second-order valence-electron chi connectivity index (χ2n) is 3.47. The molecule has 1 aromatic carbocycles. The van der Waals surface area contributed by atoms with Crippen LogP contribution in [0, 0.1) is 11.6 Å². The van der Waals surface area contributed by atoms with Crippen molar-refractivity contribution < 1.29 is 17.2 Å². The Morgan fingerprint density at radius 2 is 1.94 bits per heavy atom. The highest BCUT2D eigenvalue weighted by Crippen LogP contribution is 2.25. The SMILES string of the molecule is CN(c1ccc(F)cc1F)S(=O)(=O)N1CC1. The number of hydrogen-bond acceptors (Lipinski definition) is 2. The molecule has 4 nitrogen and oxygen atoms in total. The number of nitrogens with zero attached hydrogens (tertiary/aromatic N) is 2. The predicted molar refractivity (Wildman–Crippen MR) is 55.3 cm³/mol. The Labute approximate surface area is 92.3 Å². The van der Waals surface area contributed by atoms with Crippen LogP contribution in [0.2, 0.25) is 0 Å². The Hall–Kier alpha value is -1.21. The van der Waals surface area contributed by atoms with Crippen molar-refractivity contribution in [2.75, 3.05) is 24.4 Å². The highest BCUT2D eigenvalue weighted by atomic mass is 32.2. The van der Waals surface area contributed by atoms with Crippen molar-refractivity contribution in [3.63, 3.8) is 0 Å². The summed E-state index contributed by atoms with van der Waals surface area (Å²) < 4.78 is 51.5. The molecule has 0 bridgehead atoms. The fraction of sp³-hybridized carbons (Fsp3) is 0.333. The van der Waals surface area contributed by atoms with Gasteiger partial charge in [0.2, 0.25) is 0 Å². The van der Waals surface area contributed by atoms with E-state index in [1.807, 2.05) is 0 Å². The van der Waals surface area contributed by atoms with Crippen LogP contribution >= 0.6 is 0 Å². The summed E-state index contributed by atoms with van der Waals surface area (Å²) in [5.41, 5.74) is -0.159. The third kappa shape index (κ3) is 1.88. The summed E-state index contributed by atoms with van der Waals surface area (Å²) in [7, 11) is -2.41. The fourth-order valence-electron chi connectivity index (χ4n) is 1.31. The summed E-state index contributed by atoms with van der Waals surface area (Å²) >= 11 is 0. The smallest absolute Gasteiger partial charge is 0.258 e. The molecule has 2 rings (SSSR count). The molecule has 0 aliphatic carbocycles. The van der Waals surface area contributed by atoms with Gasteiger partial charge in [0.15, 0.2) is 0 Å². The second kappa shape index (κ2) is 3.67. The van der Waals surface area contributed by atoms with Crippen LogP contribution in [0.25, 0.3) is 0 Å². The Bertz CT molecular complexity index is 514. The minimum absolute atomic E-state index is 0.159. The standard InChI is InChI=1S/C9H10F2N2O2S/c1-12(16(14,15)13-4-5-13)9-3-2-7(10)6-8(9)11/h2-3,6H,4-5H2,1H3. The lowest BCUT2D eigenvalue weighted by Crippen LogP contribution is -2.32. The Kier molecular flexibility index (Phi) is 2.59. The van der Waals surface area contributed by atoms with Crippen LogP contribution in [0.4, 0.5) is 14.5 Å². The van der Waals surface area contributed by atoms with Crippen LogP contribution < -0.4 is 4.31 Å². The summed E-state index contributed by atoms with van der Waals surface area (Å²) in [6.07, 6.45) is 0. The van der Waals surface area contributed by atoms with E-state index in [1.165, 1.54) is 11.4 Å². The highest BCUT2D eigenvalue weighted by molar-refractivity contribution is 7.90. The number of hydrogen-bond donors (Lipinski definition) is 0. The van der Waals surface area contributed by atoms with Crippen molar-refractivity contribution in [3.05, 3.63) is 29.8 Å². The van der Waals surface area contributed by atoms with E-state index in [0.29, 0.717) is 19.2 Å². The monoisotopic (exact) mass is 248 g/mol. The highest BCUT2D eigenvalue weighted by Gasteiger charge is 2.36. The van der Waals surface area contributed by atoms with Crippen molar-refractivity contribution in [2.45, 2.75) is 0 Å². The Balaban J connectivity index is 2.37. The van der Waals surface area contributed by atoms with Crippen molar-refractivity contribution in [1.29, 1.82) is 0 Å². The molecule has 0 N–H and O–H groups in total. The normalized spacial score (nSPS) is 16.2. The lowest BCUT2D eigenvalue weighted by Gasteiger charge is -2.19. The van der Waals surface area contributed by atoms with Gasteiger partial charge in [-0.1, -0.05) is 0 Å². The average Bonchev–Trinajstić information content (AvgIpc) is 2.99. The molecule has 0 radical (unpaired) electrons. The first-order chi connectivity index (χ1) is 7.43. The van der Waals surface area contributed by atoms with Gasteiger partial charge in [0.05, 0.1) is 5.69 Å². The van der Waals surface area contributed by atoms with Crippen LogP contribution in [0.5, 0.6) is 0 Å². The van der Waals surface area contributed by atoms with Gasteiger partial charge in [0.25, 0.3) is 0 Å². The summed E-state index contributed by atoms with van der Waals surface area (Å²) in [6, 6.07) is 2.78. The molecule has 1 aromatic rings. The zero-order chi connectivity index (χ0) is 11.9. The number of rotatable bonds is 3. The van der Waals surface area contributed by atoms with Crippen LogP contribution in [0.3, 0.4) is 0 Å². The number of anilines is 1. The lowest BCUT2D eigenvalue weighted by atomic mass is 10.3. The number of halogens is 2. The lowest BCUT2D eigenvalue weighted by molar-refractivity contribution is 0.555. The van der Waals surface area contributed by atoms with Gasteiger partial charge >= 0.3 is 10.2 Å². The van der Waals surface area contributed by atoms with Gasteiger partial charge in [-0.15, -0.1) is 0 Å². The molecule has 0 unspecified atom stereocenters. The van der Waals surface area contributed by atoms with Gasteiger partial charge in [-0.2, -0.15) is 12.7 Å². The first-order valence-corrected chi connectivity index (χ1v) is 6.01. The summed E-state index contributed by atoms with van der Waals surface area (Å²) in [5, 5.41) is 0. The van der Waals surface area contributed by atoms with E-state index < -0.39 is 21.8 Å². The molecule has 0 atom stereocenters. The van der Waals surface area contributed by atoms with Crippen LogP contribution in [0.15, 0.2) is 18.2 Å². The maximum atomic E-state index is 13.4.